The van der Waals surface area contributed by atoms with Gasteiger partial charge in [0.05, 0.1) is 18.2 Å². The molecule has 8 nitrogen and oxygen atoms in total. The number of nitrogens with one attached hydrogen (secondary N) is 1. The second-order valence-corrected chi connectivity index (χ2v) is 8.77. The van der Waals surface area contributed by atoms with Crippen molar-refractivity contribution in [3.8, 4) is 5.75 Å². The molecule has 186 valence electrons. The summed E-state index contributed by atoms with van der Waals surface area (Å²) >= 11 is 0. The highest BCUT2D eigenvalue weighted by atomic mass is 16.5. The van der Waals surface area contributed by atoms with E-state index in [1.807, 2.05) is 38.1 Å². The van der Waals surface area contributed by atoms with E-state index in [0.29, 0.717) is 23.3 Å². The Balaban J connectivity index is 1.67. The SMILES string of the molecule is CC[C@H](C)NC(=O)[C@@H](C)N(Cc1ccc(OC)cc1)C(=O)CCCN1C(=O)c2ccccc2C1=O. The highest BCUT2D eigenvalue weighted by Crippen LogP contribution is 2.23. The molecule has 1 aliphatic rings. The van der Waals surface area contributed by atoms with Crippen molar-refractivity contribution in [2.24, 2.45) is 0 Å². The standard InChI is InChI=1S/C27H33N3O5/c1-5-18(2)28-25(32)19(3)30(17-20-12-14-21(35-4)15-13-20)24(31)11-8-16-29-26(33)22-9-6-7-10-23(22)27(29)34/h6-7,9-10,12-15,18-19H,5,8,11,16-17H2,1-4H3,(H,28,32)/t18-,19+/m0/s1. The zero-order chi connectivity index (χ0) is 25.5. The van der Waals surface area contributed by atoms with Crippen LogP contribution in [0, 0.1) is 0 Å². The summed E-state index contributed by atoms with van der Waals surface area (Å²) in [6.45, 7) is 6.01. The Labute approximate surface area is 206 Å². The van der Waals surface area contributed by atoms with Crippen LogP contribution in [0.5, 0.6) is 5.75 Å². The maximum Gasteiger partial charge on any atom is 0.261 e. The molecule has 0 radical (unpaired) electrons. The monoisotopic (exact) mass is 479 g/mol. The minimum atomic E-state index is -0.682. The Morgan fingerprint density at radius 1 is 1.00 bits per heavy atom. The molecule has 3 rings (SSSR count). The molecule has 1 N–H and O–H groups in total. The predicted octanol–water partition coefficient (Wildman–Crippen LogP) is 3.40. The van der Waals surface area contributed by atoms with Crippen molar-refractivity contribution < 1.29 is 23.9 Å². The summed E-state index contributed by atoms with van der Waals surface area (Å²) in [5.41, 5.74) is 1.64. The molecule has 0 fully saturated rings. The number of hydrogen-bond acceptors (Lipinski definition) is 5. The van der Waals surface area contributed by atoms with Crippen molar-refractivity contribution in [3.05, 3.63) is 65.2 Å². The number of nitrogens with zero attached hydrogens (tertiary/aromatic N) is 2. The zero-order valence-electron chi connectivity index (χ0n) is 20.7. The fraction of sp³-hybridized carbons (Fsp3) is 0.407. The molecule has 0 saturated heterocycles. The fourth-order valence-corrected chi connectivity index (χ4v) is 3.95. The largest absolute Gasteiger partial charge is 0.497 e. The van der Waals surface area contributed by atoms with E-state index in [-0.39, 0.29) is 49.2 Å². The first-order chi connectivity index (χ1) is 16.8. The second-order valence-electron chi connectivity index (χ2n) is 8.77. The van der Waals surface area contributed by atoms with Gasteiger partial charge in [0.1, 0.15) is 11.8 Å². The van der Waals surface area contributed by atoms with Crippen LogP contribution in [0.1, 0.15) is 66.3 Å². The summed E-state index contributed by atoms with van der Waals surface area (Å²) in [6, 6.07) is 13.4. The third-order valence-corrected chi connectivity index (χ3v) is 6.33. The van der Waals surface area contributed by atoms with Gasteiger partial charge in [0, 0.05) is 25.6 Å². The molecule has 8 heteroatoms. The normalized spacial score (nSPS) is 14.3. The molecule has 1 heterocycles. The van der Waals surface area contributed by atoms with Crippen LogP contribution >= 0.6 is 0 Å². The van der Waals surface area contributed by atoms with E-state index in [4.69, 9.17) is 4.74 Å². The molecule has 1 aliphatic heterocycles. The van der Waals surface area contributed by atoms with E-state index in [1.165, 1.54) is 4.90 Å². The lowest BCUT2D eigenvalue weighted by Crippen LogP contribution is -2.49. The van der Waals surface area contributed by atoms with Gasteiger partial charge >= 0.3 is 0 Å². The summed E-state index contributed by atoms with van der Waals surface area (Å²) in [5, 5.41) is 2.94. The summed E-state index contributed by atoms with van der Waals surface area (Å²) < 4.78 is 5.20. The van der Waals surface area contributed by atoms with Gasteiger partial charge in [0.25, 0.3) is 11.8 Å². The number of carbonyl (C=O) groups is 4. The van der Waals surface area contributed by atoms with Crippen molar-refractivity contribution in [1.82, 2.24) is 15.1 Å². The Morgan fingerprint density at radius 3 is 2.14 bits per heavy atom. The number of ether oxygens (including phenoxy) is 1. The van der Waals surface area contributed by atoms with Crippen molar-refractivity contribution >= 4 is 23.6 Å². The number of amides is 4. The van der Waals surface area contributed by atoms with Gasteiger partial charge in [-0.05, 0) is 56.5 Å². The molecule has 0 aliphatic carbocycles. The molecular formula is C27H33N3O5. The maximum absolute atomic E-state index is 13.3. The average molecular weight is 480 g/mol. The Kier molecular flexibility index (Phi) is 8.63. The quantitative estimate of drug-likeness (QED) is 0.499. The van der Waals surface area contributed by atoms with Gasteiger partial charge in [-0.3, -0.25) is 24.1 Å². The number of hydrogen-bond donors (Lipinski definition) is 1. The number of carbonyl (C=O) groups excluding carboxylic acids is 4. The number of benzene rings is 2. The molecule has 0 saturated carbocycles. The lowest BCUT2D eigenvalue weighted by molar-refractivity contribution is -0.141. The lowest BCUT2D eigenvalue weighted by atomic mass is 10.1. The van der Waals surface area contributed by atoms with Crippen LogP contribution in [0.15, 0.2) is 48.5 Å². The van der Waals surface area contributed by atoms with Crippen molar-refractivity contribution in [2.75, 3.05) is 13.7 Å². The van der Waals surface area contributed by atoms with Gasteiger partial charge in [0.15, 0.2) is 0 Å². The van der Waals surface area contributed by atoms with Crippen LogP contribution in [0.2, 0.25) is 0 Å². The van der Waals surface area contributed by atoms with E-state index in [1.54, 1.807) is 43.2 Å². The van der Waals surface area contributed by atoms with Crippen LogP contribution in [-0.4, -0.2) is 59.2 Å². The van der Waals surface area contributed by atoms with Crippen LogP contribution in [0.25, 0.3) is 0 Å². The van der Waals surface area contributed by atoms with Gasteiger partial charge in [-0.25, -0.2) is 0 Å². The smallest absolute Gasteiger partial charge is 0.261 e. The van der Waals surface area contributed by atoms with E-state index < -0.39 is 6.04 Å². The van der Waals surface area contributed by atoms with Crippen LogP contribution in [0.3, 0.4) is 0 Å². The molecule has 2 aromatic rings. The highest BCUT2D eigenvalue weighted by Gasteiger charge is 2.35. The number of rotatable bonds is 11. The Morgan fingerprint density at radius 2 is 1.60 bits per heavy atom. The Hall–Kier alpha value is -3.68. The van der Waals surface area contributed by atoms with Gasteiger partial charge in [-0.15, -0.1) is 0 Å². The Bertz CT molecular complexity index is 1050. The molecule has 4 amide bonds. The third kappa shape index (κ3) is 6.07. The molecule has 35 heavy (non-hydrogen) atoms. The van der Waals surface area contributed by atoms with Crippen LogP contribution in [-0.2, 0) is 16.1 Å². The van der Waals surface area contributed by atoms with Crippen molar-refractivity contribution in [2.45, 2.75) is 58.7 Å². The van der Waals surface area contributed by atoms with Gasteiger partial charge in [-0.1, -0.05) is 31.2 Å². The summed E-state index contributed by atoms with van der Waals surface area (Å²) in [4.78, 5) is 54.0. The van der Waals surface area contributed by atoms with E-state index in [2.05, 4.69) is 5.32 Å². The second kappa shape index (κ2) is 11.6. The minimum absolute atomic E-state index is 0.00304. The number of fused-ring (bicyclic) bond motifs is 1. The van der Waals surface area contributed by atoms with E-state index in [0.717, 1.165) is 12.0 Å². The molecule has 0 unspecified atom stereocenters. The molecular weight excluding hydrogens is 446 g/mol. The minimum Gasteiger partial charge on any atom is -0.497 e. The highest BCUT2D eigenvalue weighted by molar-refractivity contribution is 6.21. The molecule has 0 bridgehead atoms. The maximum atomic E-state index is 13.3. The lowest BCUT2D eigenvalue weighted by Gasteiger charge is -2.30. The van der Waals surface area contributed by atoms with Gasteiger partial charge < -0.3 is 15.0 Å². The van der Waals surface area contributed by atoms with Crippen molar-refractivity contribution in [3.63, 3.8) is 0 Å². The first-order valence-electron chi connectivity index (χ1n) is 11.9. The third-order valence-electron chi connectivity index (χ3n) is 6.33. The van der Waals surface area contributed by atoms with Crippen LogP contribution < -0.4 is 10.1 Å². The van der Waals surface area contributed by atoms with Crippen molar-refractivity contribution in [1.29, 1.82) is 0 Å². The summed E-state index contributed by atoms with van der Waals surface area (Å²) in [5.74, 6) is -0.412. The van der Waals surface area contributed by atoms with Gasteiger partial charge in [0.2, 0.25) is 11.8 Å². The van der Waals surface area contributed by atoms with E-state index in [9.17, 15) is 19.2 Å². The molecule has 0 aromatic heterocycles. The number of methoxy groups -OCH3 is 1. The first kappa shape index (κ1) is 25.9. The zero-order valence-corrected chi connectivity index (χ0v) is 20.7. The summed E-state index contributed by atoms with van der Waals surface area (Å²) in [6.07, 6.45) is 1.19. The van der Waals surface area contributed by atoms with Gasteiger partial charge in [-0.2, -0.15) is 0 Å². The first-order valence-corrected chi connectivity index (χ1v) is 11.9. The van der Waals surface area contributed by atoms with Crippen LogP contribution in [0.4, 0.5) is 0 Å². The molecule has 0 spiro atoms. The fourth-order valence-electron chi connectivity index (χ4n) is 3.95. The average Bonchev–Trinajstić information content (AvgIpc) is 3.11. The van der Waals surface area contributed by atoms with E-state index >= 15 is 0 Å². The summed E-state index contributed by atoms with van der Waals surface area (Å²) in [7, 11) is 1.58. The number of imide groups is 1. The molecule has 2 aromatic carbocycles. The molecule has 2 atom stereocenters. The predicted molar refractivity (Wildman–Crippen MR) is 132 cm³/mol. The topological polar surface area (TPSA) is 96.0 Å².